The van der Waals surface area contributed by atoms with Crippen LogP contribution in [0, 0.1) is 19.7 Å². The highest BCUT2D eigenvalue weighted by molar-refractivity contribution is 5.92. The molecule has 1 N–H and O–H groups in total. The summed E-state index contributed by atoms with van der Waals surface area (Å²) in [5, 5.41) is 7.24. The zero-order valence-electron chi connectivity index (χ0n) is 15.4. The Labute approximate surface area is 156 Å². The van der Waals surface area contributed by atoms with E-state index in [-0.39, 0.29) is 30.1 Å². The van der Waals surface area contributed by atoms with Gasteiger partial charge in [-0.3, -0.25) is 9.48 Å². The molecule has 3 aromatic rings. The van der Waals surface area contributed by atoms with Crippen LogP contribution in [0.4, 0.5) is 4.39 Å². The maximum atomic E-state index is 13.1. The molecule has 27 heavy (non-hydrogen) atoms. The number of nitrogens with one attached hydrogen (secondary N) is 1. The highest BCUT2D eigenvalue weighted by atomic mass is 19.1. The van der Waals surface area contributed by atoms with Gasteiger partial charge in [0.2, 0.25) is 5.89 Å². The minimum Gasteiger partial charge on any atom is -0.484 e. The van der Waals surface area contributed by atoms with E-state index in [0.717, 1.165) is 11.4 Å². The molecule has 1 aromatic carbocycles. The highest BCUT2D eigenvalue weighted by Gasteiger charge is 2.16. The van der Waals surface area contributed by atoms with Crippen LogP contribution in [-0.4, -0.2) is 26.7 Å². The molecule has 2 aromatic heterocycles. The van der Waals surface area contributed by atoms with Crippen molar-refractivity contribution in [3.8, 4) is 5.75 Å². The predicted octanol–water partition coefficient (Wildman–Crippen LogP) is 3.02. The number of carbonyl (C=O) groups is 1. The van der Waals surface area contributed by atoms with E-state index in [0.29, 0.717) is 12.3 Å². The standard InChI is InChI=1S/C19H21FN4O3/c1-12-7-14(3)24(23-12)9-13(2)21-19(25)17-10-27-18(22-17)11-26-16-6-4-5-15(20)8-16/h4-8,10,13H,9,11H2,1-3H3,(H,21,25)/t13-/m0/s1. The maximum absolute atomic E-state index is 13.1. The fraction of sp³-hybridized carbons (Fsp3) is 0.316. The Kier molecular flexibility index (Phi) is 5.54. The molecule has 7 nitrogen and oxygen atoms in total. The molecule has 2 heterocycles. The summed E-state index contributed by atoms with van der Waals surface area (Å²) in [6.07, 6.45) is 1.27. The van der Waals surface area contributed by atoms with Crippen molar-refractivity contribution in [2.45, 2.75) is 40.0 Å². The zero-order valence-corrected chi connectivity index (χ0v) is 15.4. The van der Waals surface area contributed by atoms with E-state index in [1.54, 1.807) is 12.1 Å². The Morgan fingerprint density at radius 2 is 2.19 bits per heavy atom. The fourth-order valence-electron chi connectivity index (χ4n) is 2.65. The predicted molar refractivity (Wildman–Crippen MR) is 95.9 cm³/mol. The van der Waals surface area contributed by atoms with Gasteiger partial charge < -0.3 is 14.5 Å². The molecule has 0 fully saturated rings. The molecule has 3 rings (SSSR count). The second-order valence-electron chi connectivity index (χ2n) is 6.36. The van der Waals surface area contributed by atoms with Crippen LogP contribution >= 0.6 is 0 Å². The summed E-state index contributed by atoms with van der Waals surface area (Å²) in [6, 6.07) is 7.60. The number of aryl methyl sites for hydroxylation is 2. The molecule has 0 saturated heterocycles. The number of oxazole rings is 1. The third kappa shape index (κ3) is 4.93. The maximum Gasteiger partial charge on any atom is 0.273 e. The first kappa shape index (κ1) is 18.6. The van der Waals surface area contributed by atoms with Gasteiger partial charge in [0, 0.05) is 17.8 Å². The van der Waals surface area contributed by atoms with E-state index in [2.05, 4.69) is 15.4 Å². The third-order valence-corrected chi connectivity index (χ3v) is 3.87. The Morgan fingerprint density at radius 3 is 2.89 bits per heavy atom. The first-order valence-electron chi connectivity index (χ1n) is 8.55. The molecule has 1 amide bonds. The van der Waals surface area contributed by atoms with E-state index in [4.69, 9.17) is 9.15 Å². The average Bonchev–Trinajstić information content (AvgIpc) is 3.20. The summed E-state index contributed by atoms with van der Waals surface area (Å²) in [6.45, 7) is 6.34. The second-order valence-corrected chi connectivity index (χ2v) is 6.36. The van der Waals surface area contributed by atoms with Crippen LogP contribution in [0.25, 0.3) is 0 Å². The van der Waals surface area contributed by atoms with Gasteiger partial charge in [0.1, 0.15) is 17.8 Å². The number of ether oxygens (including phenoxy) is 1. The van der Waals surface area contributed by atoms with Crippen molar-refractivity contribution in [3.05, 3.63) is 65.4 Å². The molecular weight excluding hydrogens is 351 g/mol. The number of hydrogen-bond donors (Lipinski definition) is 1. The van der Waals surface area contributed by atoms with Crippen LogP contribution < -0.4 is 10.1 Å². The lowest BCUT2D eigenvalue weighted by atomic mass is 10.3. The van der Waals surface area contributed by atoms with Gasteiger partial charge in [-0.1, -0.05) is 6.07 Å². The van der Waals surface area contributed by atoms with Gasteiger partial charge in [0.05, 0.1) is 12.2 Å². The van der Waals surface area contributed by atoms with Crippen LogP contribution in [0.5, 0.6) is 5.75 Å². The monoisotopic (exact) mass is 372 g/mol. The van der Waals surface area contributed by atoms with Crippen molar-refractivity contribution in [1.29, 1.82) is 0 Å². The molecule has 0 aliphatic heterocycles. The number of benzene rings is 1. The molecule has 0 aliphatic carbocycles. The number of rotatable bonds is 7. The first-order valence-corrected chi connectivity index (χ1v) is 8.55. The van der Waals surface area contributed by atoms with E-state index in [1.807, 2.05) is 31.5 Å². The second kappa shape index (κ2) is 8.03. The molecule has 0 spiro atoms. The number of carbonyl (C=O) groups excluding carboxylic acids is 1. The van der Waals surface area contributed by atoms with E-state index < -0.39 is 5.82 Å². The minimum absolute atomic E-state index is 0.00194. The summed E-state index contributed by atoms with van der Waals surface area (Å²) in [5.41, 5.74) is 2.13. The van der Waals surface area contributed by atoms with Crippen molar-refractivity contribution in [3.63, 3.8) is 0 Å². The summed E-state index contributed by atoms with van der Waals surface area (Å²) >= 11 is 0. The van der Waals surface area contributed by atoms with E-state index >= 15 is 0 Å². The van der Waals surface area contributed by atoms with Crippen LogP contribution in [0.15, 0.2) is 41.0 Å². The number of nitrogens with zero attached hydrogens (tertiary/aromatic N) is 3. The zero-order chi connectivity index (χ0) is 19.4. The van der Waals surface area contributed by atoms with Gasteiger partial charge in [0.25, 0.3) is 5.91 Å². The fourth-order valence-corrected chi connectivity index (χ4v) is 2.65. The Balaban J connectivity index is 1.54. The smallest absolute Gasteiger partial charge is 0.273 e. The molecule has 8 heteroatoms. The minimum atomic E-state index is -0.392. The quantitative estimate of drug-likeness (QED) is 0.689. The summed E-state index contributed by atoms with van der Waals surface area (Å²) < 4.78 is 25.6. The number of halogens is 1. The molecular formula is C19H21FN4O3. The van der Waals surface area contributed by atoms with Gasteiger partial charge in [-0.05, 0) is 39.0 Å². The summed E-state index contributed by atoms with van der Waals surface area (Å²) in [4.78, 5) is 16.4. The van der Waals surface area contributed by atoms with Gasteiger partial charge in [0.15, 0.2) is 12.3 Å². The van der Waals surface area contributed by atoms with Crippen molar-refractivity contribution >= 4 is 5.91 Å². The van der Waals surface area contributed by atoms with E-state index in [9.17, 15) is 9.18 Å². The van der Waals surface area contributed by atoms with Crippen molar-refractivity contribution in [1.82, 2.24) is 20.1 Å². The van der Waals surface area contributed by atoms with Crippen molar-refractivity contribution < 1.29 is 18.3 Å². The third-order valence-electron chi connectivity index (χ3n) is 3.87. The lowest BCUT2D eigenvalue weighted by Crippen LogP contribution is -2.36. The first-order chi connectivity index (χ1) is 12.9. The number of aromatic nitrogens is 3. The average molecular weight is 372 g/mol. The Morgan fingerprint density at radius 1 is 1.37 bits per heavy atom. The van der Waals surface area contributed by atoms with Crippen molar-refractivity contribution in [2.75, 3.05) is 0 Å². The molecule has 0 aliphatic rings. The molecule has 142 valence electrons. The summed E-state index contributed by atoms with van der Waals surface area (Å²) in [5.74, 6) is -0.144. The van der Waals surface area contributed by atoms with Crippen LogP contribution in [0.2, 0.25) is 0 Å². The van der Waals surface area contributed by atoms with Crippen LogP contribution in [0.1, 0.15) is 34.7 Å². The molecule has 0 saturated carbocycles. The van der Waals surface area contributed by atoms with E-state index in [1.165, 1.54) is 18.4 Å². The Bertz CT molecular complexity index is 935. The van der Waals surface area contributed by atoms with Gasteiger partial charge >= 0.3 is 0 Å². The molecule has 1 atom stereocenters. The lowest BCUT2D eigenvalue weighted by molar-refractivity contribution is 0.0930. The van der Waals surface area contributed by atoms with Gasteiger partial charge in [-0.15, -0.1) is 0 Å². The highest BCUT2D eigenvalue weighted by Crippen LogP contribution is 2.14. The Hall–Kier alpha value is -3.16. The SMILES string of the molecule is Cc1cc(C)n(C[C@H](C)NC(=O)c2coc(COc3cccc(F)c3)n2)n1. The van der Waals surface area contributed by atoms with Crippen LogP contribution in [-0.2, 0) is 13.2 Å². The van der Waals surface area contributed by atoms with Crippen LogP contribution in [0.3, 0.4) is 0 Å². The van der Waals surface area contributed by atoms with Crippen molar-refractivity contribution in [2.24, 2.45) is 0 Å². The van der Waals surface area contributed by atoms with Gasteiger partial charge in [-0.2, -0.15) is 5.10 Å². The number of hydrogen-bond acceptors (Lipinski definition) is 5. The molecule has 0 radical (unpaired) electrons. The number of amides is 1. The van der Waals surface area contributed by atoms with Gasteiger partial charge in [-0.25, -0.2) is 9.37 Å². The largest absolute Gasteiger partial charge is 0.484 e. The normalized spacial score (nSPS) is 12.0. The molecule has 0 bridgehead atoms. The topological polar surface area (TPSA) is 82.2 Å². The summed E-state index contributed by atoms with van der Waals surface area (Å²) in [7, 11) is 0. The molecule has 0 unspecified atom stereocenters. The lowest BCUT2D eigenvalue weighted by Gasteiger charge is -2.14.